The van der Waals surface area contributed by atoms with Crippen molar-refractivity contribution in [1.82, 2.24) is 4.72 Å². The van der Waals surface area contributed by atoms with E-state index in [0.717, 1.165) is 17.2 Å². The number of benzene rings is 4. The van der Waals surface area contributed by atoms with E-state index in [4.69, 9.17) is 9.15 Å². The quantitative estimate of drug-likeness (QED) is 0.182. The largest absolute Gasteiger partial charge is 0.507 e. The molecule has 8 nitrogen and oxygen atoms in total. The maximum atomic E-state index is 13.3. The first kappa shape index (κ1) is 25.2. The van der Waals surface area contributed by atoms with Gasteiger partial charge in [-0.2, -0.15) is 4.72 Å². The Kier molecular flexibility index (Phi) is 6.48. The maximum absolute atomic E-state index is 13.3. The second-order valence-electron chi connectivity index (χ2n) is 8.90. The minimum absolute atomic E-state index is 0.01000. The van der Waals surface area contributed by atoms with Crippen LogP contribution in [0.3, 0.4) is 0 Å². The molecule has 1 aromatic heterocycles. The summed E-state index contributed by atoms with van der Waals surface area (Å²) < 4.78 is 40.0. The number of aryl methyl sites for hydroxylation is 2. The van der Waals surface area contributed by atoms with Crippen LogP contribution < -0.4 is 14.9 Å². The number of aromatic hydroxyl groups is 1. The van der Waals surface area contributed by atoms with Gasteiger partial charge in [-0.3, -0.25) is 4.79 Å². The Labute approximate surface area is 218 Å². The zero-order valence-electron chi connectivity index (χ0n) is 20.5. The van der Waals surface area contributed by atoms with Crippen LogP contribution in [-0.4, -0.2) is 19.5 Å². The lowest BCUT2D eigenvalue weighted by Crippen LogP contribution is -2.36. The molecule has 1 atom stereocenters. The van der Waals surface area contributed by atoms with E-state index in [-0.39, 0.29) is 21.6 Å². The van der Waals surface area contributed by atoms with E-state index in [1.54, 1.807) is 67.6 Å². The summed E-state index contributed by atoms with van der Waals surface area (Å²) in [6, 6.07) is 20.6. The van der Waals surface area contributed by atoms with Crippen molar-refractivity contribution < 1.29 is 27.5 Å². The van der Waals surface area contributed by atoms with Crippen LogP contribution in [0.1, 0.15) is 22.7 Å². The van der Waals surface area contributed by atoms with Gasteiger partial charge in [0.2, 0.25) is 15.5 Å². The fraction of sp³-hybridized carbons (Fsp3) is 0.103. The van der Waals surface area contributed by atoms with E-state index < -0.39 is 33.2 Å². The lowest BCUT2D eigenvalue weighted by Gasteiger charge is -2.18. The SMILES string of the molecule is Cc1ccc(S(=O)(=O)N[C@H](C(=O)Oc2cc(O)c3c(=O)c4cccc(C)c4oc3c2)c2ccccc2)cc1. The fourth-order valence-corrected chi connectivity index (χ4v) is 5.34. The Bertz CT molecular complexity index is 1840. The molecule has 0 aliphatic carbocycles. The van der Waals surface area contributed by atoms with Gasteiger partial charge in [0.1, 0.15) is 34.1 Å². The predicted octanol–water partition coefficient (Wildman–Crippen LogP) is 4.89. The molecule has 0 saturated heterocycles. The Hall–Kier alpha value is -4.47. The Morgan fingerprint density at radius 1 is 0.947 bits per heavy atom. The number of sulfonamides is 1. The smallest absolute Gasteiger partial charge is 0.334 e. The van der Waals surface area contributed by atoms with Crippen molar-refractivity contribution >= 4 is 37.9 Å². The number of fused-ring (bicyclic) bond motifs is 2. The molecule has 2 N–H and O–H groups in total. The van der Waals surface area contributed by atoms with Crippen LogP contribution in [0.15, 0.2) is 99.0 Å². The molecule has 0 spiro atoms. The van der Waals surface area contributed by atoms with Crippen molar-refractivity contribution in [3.05, 3.63) is 112 Å². The van der Waals surface area contributed by atoms with Crippen molar-refractivity contribution in [3.63, 3.8) is 0 Å². The highest BCUT2D eigenvalue weighted by molar-refractivity contribution is 7.89. The number of para-hydroxylation sites is 1. The molecule has 0 bridgehead atoms. The normalized spacial score (nSPS) is 12.5. The average Bonchev–Trinajstić information content (AvgIpc) is 2.88. The number of ether oxygens (including phenoxy) is 1. The van der Waals surface area contributed by atoms with Gasteiger partial charge in [0, 0.05) is 12.1 Å². The first-order valence-corrected chi connectivity index (χ1v) is 13.2. The number of esters is 1. The van der Waals surface area contributed by atoms with E-state index in [1.807, 2.05) is 6.92 Å². The highest BCUT2D eigenvalue weighted by atomic mass is 32.2. The molecule has 0 radical (unpaired) electrons. The summed E-state index contributed by atoms with van der Waals surface area (Å²) >= 11 is 0. The topological polar surface area (TPSA) is 123 Å². The minimum atomic E-state index is -4.10. The predicted molar refractivity (Wildman–Crippen MR) is 143 cm³/mol. The Morgan fingerprint density at radius 2 is 1.66 bits per heavy atom. The van der Waals surface area contributed by atoms with Crippen molar-refractivity contribution in [3.8, 4) is 11.5 Å². The Balaban J connectivity index is 1.53. The summed E-state index contributed by atoms with van der Waals surface area (Å²) in [5, 5.41) is 10.9. The van der Waals surface area contributed by atoms with Gasteiger partial charge in [-0.15, -0.1) is 0 Å². The minimum Gasteiger partial charge on any atom is -0.507 e. The second kappa shape index (κ2) is 9.77. The number of phenolic OH excluding ortho intramolecular Hbond substituents is 1. The highest BCUT2D eigenvalue weighted by Gasteiger charge is 2.29. The standard InChI is InChI=1S/C29H23NO7S/c1-17-11-13-21(14-12-17)38(34,35)30-26(19-8-4-3-5-9-19)29(33)36-20-15-23(31)25-24(16-20)37-28-18(2)7-6-10-22(28)27(25)32/h3-16,26,30-31H,1-2H3/t26-/m0/s1. The monoisotopic (exact) mass is 529 g/mol. The molecule has 0 unspecified atom stereocenters. The molecule has 0 amide bonds. The lowest BCUT2D eigenvalue weighted by molar-refractivity contribution is -0.136. The number of rotatable bonds is 6. The van der Waals surface area contributed by atoms with Crippen molar-refractivity contribution in [1.29, 1.82) is 0 Å². The van der Waals surface area contributed by atoms with Gasteiger partial charge in [0.15, 0.2) is 0 Å². The first-order valence-electron chi connectivity index (χ1n) is 11.7. The average molecular weight is 530 g/mol. The third kappa shape index (κ3) is 4.77. The number of carbonyl (C=O) groups is 1. The molecule has 38 heavy (non-hydrogen) atoms. The lowest BCUT2D eigenvalue weighted by atomic mass is 10.1. The van der Waals surface area contributed by atoms with Crippen molar-refractivity contribution in [2.45, 2.75) is 24.8 Å². The summed E-state index contributed by atoms with van der Waals surface area (Å²) in [5.74, 6) is -1.49. The molecule has 5 aromatic rings. The number of hydrogen-bond acceptors (Lipinski definition) is 7. The molecule has 0 aliphatic rings. The maximum Gasteiger partial charge on any atom is 0.334 e. The zero-order valence-corrected chi connectivity index (χ0v) is 21.3. The van der Waals surface area contributed by atoms with Gasteiger partial charge < -0.3 is 14.3 Å². The molecule has 0 aliphatic heterocycles. The van der Waals surface area contributed by atoms with Crippen LogP contribution >= 0.6 is 0 Å². The van der Waals surface area contributed by atoms with Crippen LogP contribution in [-0.2, 0) is 14.8 Å². The molecular weight excluding hydrogens is 506 g/mol. The molecule has 0 fully saturated rings. The summed E-state index contributed by atoms with van der Waals surface area (Å²) in [4.78, 5) is 26.3. The fourth-order valence-electron chi connectivity index (χ4n) is 4.17. The molecule has 9 heteroatoms. The van der Waals surface area contributed by atoms with Crippen LogP contribution in [0.25, 0.3) is 21.9 Å². The van der Waals surface area contributed by atoms with Gasteiger partial charge in [0.05, 0.1) is 10.3 Å². The molecule has 4 aromatic carbocycles. The van der Waals surface area contributed by atoms with E-state index in [1.165, 1.54) is 18.2 Å². The second-order valence-corrected chi connectivity index (χ2v) is 10.6. The Morgan fingerprint density at radius 3 is 2.37 bits per heavy atom. The van der Waals surface area contributed by atoms with Crippen molar-refractivity contribution in [2.75, 3.05) is 0 Å². The third-order valence-electron chi connectivity index (χ3n) is 6.14. The number of nitrogens with one attached hydrogen (secondary N) is 1. The van der Waals surface area contributed by atoms with Gasteiger partial charge in [-0.1, -0.05) is 60.2 Å². The van der Waals surface area contributed by atoms with Gasteiger partial charge >= 0.3 is 5.97 Å². The molecule has 0 saturated carbocycles. The highest BCUT2D eigenvalue weighted by Crippen LogP contribution is 2.32. The van der Waals surface area contributed by atoms with Crippen molar-refractivity contribution in [2.24, 2.45) is 0 Å². The molecule has 1 heterocycles. The summed E-state index contributed by atoms with van der Waals surface area (Å²) in [7, 11) is -4.10. The molecular formula is C29H23NO7S. The van der Waals surface area contributed by atoms with Crippen LogP contribution in [0, 0.1) is 13.8 Å². The van der Waals surface area contributed by atoms with E-state index in [0.29, 0.717) is 16.5 Å². The van der Waals surface area contributed by atoms with Crippen LogP contribution in [0.4, 0.5) is 0 Å². The van der Waals surface area contributed by atoms with E-state index in [9.17, 15) is 23.1 Å². The van der Waals surface area contributed by atoms with Crippen LogP contribution in [0.5, 0.6) is 11.5 Å². The molecule has 192 valence electrons. The molecule has 5 rings (SSSR count). The zero-order chi connectivity index (χ0) is 27.0. The van der Waals surface area contributed by atoms with Gasteiger partial charge in [-0.05, 0) is 43.2 Å². The van der Waals surface area contributed by atoms with Gasteiger partial charge in [0.25, 0.3) is 0 Å². The third-order valence-corrected chi connectivity index (χ3v) is 7.58. The number of hydrogen-bond donors (Lipinski definition) is 2. The number of phenols is 1. The summed E-state index contributed by atoms with van der Waals surface area (Å²) in [6.45, 7) is 3.62. The summed E-state index contributed by atoms with van der Waals surface area (Å²) in [5.41, 5.74) is 1.91. The van der Waals surface area contributed by atoms with Crippen LogP contribution in [0.2, 0.25) is 0 Å². The van der Waals surface area contributed by atoms with Gasteiger partial charge in [-0.25, -0.2) is 13.2 Å². The van der Waals surface area contributed by atoms with E-state index >= 15 is 0 Å². The summed E-state index contributed by atoms with van der Waals surface area (Å²) in [6.07, 6.45) is 0. The van der Waals surface area contributed by atoms with E-state index in [2.05, 4.69) is 4.72 Å². The first-order chi connectivity index (χ1) is 18.1. The number of carbonyl (C=O) groups excluding carboxylic acids is 1.